The fourth-order valence-electron chi connectivity index (χ4n) is 1.95. The zero-order chi connectivity index (χ0) is 14.4. The van der Waals surface area contributed by atoms with Crippen LogP contribution in [-0.2, 0) is 4.79 Å². The number of rotatable bonds is 6. The van der Waals surface area contributed by atoms with Gasteiger partial charge in [0.15, 0.2) is 0 Å². The summed E-state index contributed by atoms with van der Waals surface area (Å²) in [6.45, 7) is 6.04. The second kappa shape index (κ2) is 7.29. The number of benzene rings is 1. The highest BCUT2D eigenvalue weighted by atomic mass is 16.3. The van der Waals surface area contributed by atoms with Crippen LogP contribution in [0.4, 0.5) is 0 Å². The summed E-state index contributed by atoms with van der Waals surface area (Å²) in [5.41, 5.74) is 0.846. The molecule has 0 saturated carbocycles. The summed E-state index contributed by atoms with van der Waals surface area (Å²) in [6, 6.07) is 9.25. The molecule has 0 aliphatic heterocycles. The summed E-state index contributed by atoms with van der Waals surface area (Å²) in [5, 5.41) is 10.3. The molecule has 19 heavy (non-hydrogen) atoms. The Labute approximate surface area is 116 Å². The third-order valence-corrected chi connectivity index (χ3v) is 3.82. The standard InChI is InChI=1S/C16H25NO2/c1-5-12(2)11-15(18)17(4)13(3)16(19)14-9-7-6-8-10-14/h6-10,12-13,16,19H,5,11H2,1-4H3/t12?,13-,16-/m0/s1. The average Bonchev–Trinajstić information content (AvgIpc) is 2.45. The number of carbonyl (C=O) groups excluding carboxylic acids is 1. The van der Waals surface area contributed by atoms with E-state index in [9.17, 15) is 9.90 Å². The molecule has 1 aromatic carbocycles. The van der Waals surface area contributed by atoms with E-state index in [1.165, 1.54) is 0 Å². The van der Waals surface area contributed by atoms with Gasteiger partial charge in [-0.25, -0.2) is 0 Å². The minimum Gasteiger partial charge on any atom is -0.386 e. The second-order valence-corrected chi connectivity index (χ2v) is 5.32. The molecule has 0 radical (unpaired) electrons. The first-order valence-corrected chi connectivity index (χ1v) is 6.96. The smallest absolute Gasteiger partial charge is 0.222 e. The van der Waals surface area contributed by atoms with Gasteiger partial charge in [0.05, 0.1) is 12.1 Å². The predicted molar refractivity (Wildman–Crippen MR) is 77.7 cm³/mol. The van der Waals surface area contributed by atoms with Crippen molar-refractivity contribution < 1.29 is 9.90 Å². The van der Waals surface area contributed by atoms with Crippen molar-refractivity contribution in [3.8, 4) is 0 Å². The van der Waals surface area contributed by atoms with Crippen LogP contribution in [0, 0.1) is 5.92 Å². The van der Waals surface area contributed by atoms with Crippen LogP contribution in [0.3, 0.4) is 0 Å². The maximum atomic E-state index is 12.1. The van der Waals surface area contributed by atoms with E-state index in [1.807, 2.05) is 37.3 Å². The van der Waals surface area contributed by atoms with Crippen molar-refractivity contribution >= 4 is 5.91 Å². The number of aliphatic hydroxyl groups is 1. The number of hydrogen-bond acceptors (Lipinski definition) is 2. The van der Waals surface area contributed by atoms with Gasteiger partial charge in [-0.1, -0.05) is 50.6 Å². The Bertz CT molecular complexity index is 391. The van der Waals surface area contributed by atoms with Gasteiger partial charge in [0.2, 0.25) is 5.91 Å². The molecule has 0 saturated heterocycles. The van der Waals surface area contributed by atoms with E-state index in [1.54, 1.807) is 11.9 Å². The van der Waals surface area contributed by atoms with Gasteiger partial charge in [-0.15, -0.1) is 0 Å². The summed E-state index contributed by atoms with van der Waals surface area (Å²) < 4.78 is 0. The molecule has 0 aromatic heterocycles. The molecule has 0 spiro atoms. The SMILES string of the molecule is CCC(C)CC(=O)N(C)[C@@H](C)[C@H](O)c1ccccc1. The second-order valence-electron chi connectivity index (χ2n) is 5.32. The van der Waals surface area contributed by atoms with Gasteiger partial charge < -0.3 is 10.0 Å². The van der Waals surface area contributed by atoms with E-state index in [2.05, 4.69) is 13.8 Å². The molecule has 106 valence electrons. The minimum atomic E-state index is -0.646. The average molecular weight is 263 g/mol. The van der Waals surface area contributed by atoms with Gasteiger partial charge in [-0.3, -0.25) is 4.79 Å². The molecule has 0 bridgehead atoms. The Morgan fingerprint density at radius 2 is 1.84 bits per heavy atom. The van der Waals surface area contributed by atoms with Gasteiger partial charge in [0, 0.05) is 13.5 Å². The molecule has 0 heterocycles. The quantitative estimate of drug-likeness (QED) is 0.857. The van der Waals surface area contributed by atoms with E-state index in [-0.39, 0.29) is 11.9 Å². The fraction of sp³-hybridized carbons (Fsp3) is 0.562. The molecule has 1 unspecified atom stereocenters. The zero-order valence-corrected chi connectivity index (χ0v) is 12.3. The summed E-state index contributed by atoms with van der Waals surface area (Å²) in [4.78, 5) is 13.8. The molecule has 3 heteroatoms. The maximum Gasteiger partial charge on any atom is 0.222 e. The number of hydrogen-bond donors (Lipinski definition) is 1. The van der Waals surface area contributed by atoms with Crippen LogP contribution in [0.25, 0.3) is 0 Å². The monoisotopic (exact) mass is 263 g/mol. The third-order valence-electron chi connectivity index (χ3n) is 3.82. The lowest BCUT2D eigenvalue weighted by molar-refractivity contribution is -0.134. The van der Waals surface area contributed by atoms with E-state index in [0.29, 0.717) is 12.3 Å². The summed E-state index contributed by atoms with van der Waals surface area (Å²) in [6.07, 6.45) is 0.890. The van der Waals surface area contributed by atoms with Gasteiger partial charge in [0.25, 0.3) is 0 Å². The van der Waals surface area contributed by atoms with Crippen molar-refractivity contribution in [1.82, 2.24) is 4.90 Å². The third kappa shape index (κ3) is 4.35. The first-order chi connectivity index (χ1) is 8.97. The summed E-state index contributed by atoms with van der Waals surface area (Å²) in [5.74, 6) is 0.479. The van der Waals surface area contributed by atoms with Crippen LogP contribution in [0.2, 0.25) is 0 Å². The molecule has 1 aromatic rings. The van der Waals surface area contributed by atoms with Gasteiger partial charge in [0.1, 0.15) is 0 Å². The lowest BCUT2D eigenvalue weighted by atomic mass is 10.0. The van der Waals surface area contributed by atoms with Crippen LogP contribution in [0.1, 0.15) is 45.3 Å². The number of nitrogens with zero attached hydrogens (tertiary/aromatic N) is 1. The lowest BCUT2D eigenvalue weighted by Gasteiger charge is -2.30. The van der Waals surface area contributed by atoms with Crippen molar-refractivity contribution in [3.63, 3.8) is 0 Å². The number of carbonyl (C=O) groups is 1. The number of amides is 1. The summed E-state index contributed by atoms with van der Waals surface area (Å²) in [7, 11) is 1.77. The number of likely N-dealkylation sites (N-methyl/N-ethyl adjacent to an activating group) is 1. The molecule has 0 aliphatic carbocycles. The predicted octanol–water partition coefficient (Wildman–Crippen LogP) is 3.00. The number of aliphatic hydroxyl groups excluding tert-OH is 1. The van der Waals surface area contributed by atoms with Crippen LogP contribution < -0.4 is 0 Å². The molecule has 1 amide bonds. The largest absolute Gasteiger partial charge is 0.386 e. The van der Waals surface area contributed by atoms with E-state index in [4.69, 9.17) is 0 Å². The van der Waals surface area contributed by atoms with E-state index >= 15 is 0 Å². The Morgan fingerprint density at radius 3 is 2.37 bits per heavy atom. The molecular formula is C16H25NO2. The molecule has 3 nitrogen and oxygen atoms in total. The van der Waals surface area contributed by atoms with Crippen LogP contribution in [0.5, 0.6) is 0 Å². The normalized spacial score (nSPS) is 15.6. The molecule has 1 N–H and O–H groups in total. The van der Waals surface area contributed by atoms with Gasteiger partial charge in [-0.05, 0) is 18.4 Å². The lowest BCUT2D eigenvalue weighted by Crippen LogP contribution is -2.39. The van der Waals surface area contributed by atoms with Crippen LogP contribution in [0.15, 0.2) is 30.3 Å². The Balaban J connectivity index is 2.66. The van der Waals surface area contributed by atoms with E-state index in [0.717, 1.165) is 12.0 Å². The zero-order valence-electron chi connectivity index (χ0n) is 12.3. The van der Waals surface area contributed by atoms with Crippen molar-refractivity contribution in [1.29, 1.82) is 0 Å². The Morgan fingerprint density at radius 1 is 1.26 bits per heavy atom. The fourth-order valence-corrected chi connectivity index (χ4v) is 1.95. The van der Waals surface area contributed by atoms with Crippen molar-refractivity contribution in [2.45, 2.75) is 45.8 Å². The highest BCUT2D eigenvalue weighted by Gasteiger charge is 2.24. The molecule has 0 aliphatic rings. The highest BCUT2D eigenvalue weighted by molar-refractivity contribution is 5.76. The van der Waals surface area contributed by atoms with Gasteiger partial charge in [-0.2, -0.15) is 0 Å². The van der Waals surface area contributed by atoms with Crippen LogP contribution >= 0.6 is 0 Å². The summed E-state index contributed by atoms with van der Waals surface area (Å²) >= 11 is 0. The Hall–Kier alpha value is -1.35. The molecule has 3 atom stereocenters. The maximum absolute atomic E-state index is 12.1. The highest BCUT2D eigenvalue weighted by Crippen LogP contribution is 2.21. The van der Waals surface area contributed by atoms with E-state index < -0.39 is 6.10 Å². The molecular weight excluding hydrogens is 238 g/mol. The first kappa shape index (κ1) is 15.7. The van der Waals surface area contributed by atoms with Crippen molar-refractivity contribution in [2.24, 2.45) is 5.92 Å². The molecule has 1 rings (SSSR count). The molecule has 0 fully saturated rings. The topological polar surface area (TPSA) is 40.5 Å². The van der Waals surface area contributed by atoms with Crippen LogP contribution in [-0.4, -0.2) is 29.0 Å². The van der Waals surface area contributed by atoms with Gasteiger partial charge >= 0.3 is 0 Å². The minimum absolute atomic E-state index is 0.0943. The van der Waals surface area contributed by atoms with Crippen molar-refractivity contribution in [2.75, 3.05) is 7.05 Å². The Kier molecular flexibility index (Phi) is 6.03. The first-order valence-electron chi connectivity index (χ1n) is 6.96. The van der Waals surface area contributed by atoms with Crippen molar-refractivity contribution in [3.05, 3.63) is 35.9 Å².